The first-order valence-electron chi connectivity index (χ1n) is 8.61. The summed E-state index contributed by atoms with van der Waals surface area (Å²) in [6.45, 7) is 0. The molecule has 5 rings (SSSR count). The number of hydrogen-bond donors (Lipinski definition) is 0. The molecule has 1 fully saturated rings. The van der Waals surface area contributed by atoms with E-state index in [0.29, 0.717) is 34.7 Å². The second kappa shape index (κ2) is 6.70. The van der Waals surface area contributed by atoms with E-state index in [4.69, 9.17) is 8.94 Å². The Hall–Kier alpha value is -2.87. The summed E-state index contributed by atoms with van der Waals surface area (Å²) in [5.74, 6) is 2.09. The van der Waals surface area contributed by atoms with Crippen molar-refractivity contribution in [3.8, 4) is 22.9 Å². The van der Waals surface area contributed by atoms with E-state index in [1.54, 1.807) is 24.5 Å². The highest BCUT2D eigenvalue weighted by atomic mass is 32.2. The summed E-state index contributed by atoms with van der Waals surface area (Å²) in [6, 6.07) is 12.5. The standard InChI is InChI=1S/C19H15FN4O2S/c20-15-5-2-1-4-14(15)18-21-22-19(24(18)13-7-8-13)27-11-12-10-17(26-23-12)16-6-3-9-25-16/h1-6,9-10,13H,7-8,11H2. The number of rotatable bonds is 6. The predicted octanol–water partition coefficient (Wildman–Crippen LogP) is 4.96. The van der Waals surface area contributed by atoms with Crippen molar-refractivity contribution in [1.29, 1.82) is 0 Å². The van der Waals surface area contributed by atoms with Gasteiger partial charge in [0.05, 0.1) is 17.5 Å². The smallest absolute Gasteiger partial charge is 0.202 e. The molecule has 0 radical (unpaired) electrons. The summed E-state index contributed by atoms with van der Waals surface area (Å²) < 4.78 is 26.9. The molecule has 1 saturated carbocycles. The number of nitrogens with zero attached hydrogens (tertiary/aromatic N) is 4. The molecule has 0 spiro atoms. The number of furan rings is 1. The molecule has 4 aromatic rings. The van der Waals surface area contributed by atoms with Crippen molar-refractivity contribution in [1.82, 2.24) is 19.9 Å². The molecule has 3 heterocycles. The molecule has 0 atom stereocenters. The zero-order valence-electron chi connectivity index (χ0n) is 14.2. The lowest BCUT2D eigenvalue weighted by Gasteiger charge is -2.08. The van der Waals surface area contributed by atoms with E-state index in [2.05, 4.69) is 15.4 Å². The zero-order chi connectivity index (χ0) is 18.2. The maximum atomic E-state index is 14.2. The first-order chi connectivity index (χ1) is 13.3. The first kappa shape index (κ1) is 16.3. The van der Waals surface area contributed by atoms with Crippen molar-refractivity contribution in [2.45, 2.75) is 29.8 Å². The average Bonchev–Trinajstić information content (AvgIpc) is 3.10. The van der Waals surface area contributed by atoms with Crippen LogP contribution in [0.2, 0.25) is 0 Å². The van der Waals surface area contributed by atoms with Crippen LogP contribution >= 0.6 is 11.8 Å². The SMILES string of the molecule is Fc1ccccc1-c1nnc(SCc2cc(-c3ccco3)on2)n1C1CC1. The third-order valence-electron chi connectivity index (χ3n) is 4.36. The molecule has 1 aliphatic carbocycles. The van der Waals surface area contributed by atoms with Crippen LogP contribution in [-0.4, -0.2) is 19.9 Å². The summed E-state index contributed by atoms with van der Waals surface area (Å²) in [5.41, 5.74) is 1.26. The molecule has 0 bridgehead atoms. The van der Waals surface area contributed by atoms with Crippen LogP contribution in [0.3, 0.4) is 0 Å². The summed E-state index contributed by atoms with van der Waals surface area (Å²) in [7, 11) is 0. The molecular formula is C19H15FN4O2S. The minimum absolute atomic E-state index is 0.289. The van der Waals surface area contributed by atoms with Crippen LogP contribution in [0.5, 0.6) is 0 Å². The lowest BCUT2D eigenvalue weighted by atomic mass is 10.2. The molecule has 0 N–H and O–H groups in total. The van der Waals surface area contributed by atoms with Crippen molar-refractivity contribution in [3.05, 3.63) is 60.2 Å². The molecule has 1 aliphatic rings. The molecule has 0 saturated heterocycles. The lowest BCUT2D eigenvalue weighted by molar-refractivity contribution is 0.413. The number of thioether (sulfide) groups is 1. The quantitative estimate of drug-likeness (QED) is 0.439. The fraction of sp³-hybridized carbons (Fsp3) is 0.211. The van der Waals surface area contributed by atoms with Gasteiger partial charge in [0.25, 0.3) is 0 Å². The highest BCUT2D eigenvalue weighted by molar-refractivity contribution is 7.98. The predicted molar refractivity (Wildman–Crippen MR) is 97.5 cm³/mol. The molecule has 6 nitrogen and oxygen atoms in total. The van der Waals surface area contributed by atoms with Crippen LogP contribution in [0.4, 0.5) is 4.39 Å². The Bertz CT molecular complexity index is 1070. The second-order valence-electron chi connectivity index (χ2n) is 6.34. The van der Waals surface area contributed by atoms with Crippen molar-refractivity contribution in [2.75, 3.05) is 0 Å². The summed E-state index contributed by atoms with van der Waals surface area (Å²) in [5, 5.41) is 13.4. The van der Waals surface area contributed by atoms with Crippen LogP contribution in [0.15, 0.2) is 62.8 Å². The van der Waals surface area contributed by atoms with Gasteiger partial charge >= 0.3 is 0 Å². The second-order valence-corrected chi connectivity index (χ2v) is 7.28. The van der Waals surface area contributed by atoms with Crippen molar-refractivity contribution in [2.24, 2.45) is 0 Å². The fourth-order valence-electron chi connectivity index (χ4n) is 2.92. The highest BCUT2D eigenvalue weighted by Crippen LogP contribution is 2.41. The lowest BCUT2D eigenvalue weighted by Crippen LogP contribution is -2.01. The van der Waals surface area contributed by atoms with Crippen molar-refractivity contribution in [3.63, 3.8) is 0 Å². The van der Waals surface area contributed by atoms with Gasteiger partial charge < -0.3 is 8.94 Å². The normalized spacial score (nSPS) is 14.0. The monoisotopic (exact) mass is 382 g/mol. The molecule has 3 aromatic heterocycles. The van der Waals surface area contributed by atoms with Gasteiger partial charge in [-0.2, -0.15) is 0 Å². The third kappa shape index (κ3) is 3.16. The van der Waals surface area contributed by atoms with Gasteiger partial charge in [-0.05, 0) is 37.1 Å². The molecule has 0 amide bonds. The van der Waals surface area contributed by atoms with Crippen molar-refractivity contribution >= 4 is 11.8 Å². The molecule has 27 heavy (non-hydrogen) atoms. The Morgan fingerprint density at radius 1 is 1.11 bits per heavy atom. The summed E-state index contributed by atoms with van der Waals surface area (Å²) >= 11 is 1.51. The van der Waals surface area contributed by atoms with E-state index in [1.807, 2.05) is 22.8 Å². The number of aromatic nitrogens is 4. The Morgan fingerprint density at radius 2 is 2.00 bits per heavy atom. The Labute approximate surface area is 158 Å². The van der Waals surface area contributed by atoms with Gasteiger partial charge in [0.2, 0.25) is 5.76 Å². The van der Waals surface area contributed by atoms with Gasteiger partial charge in [-0.15, -0.1) is 10.2 Å². The fourth-order valence-corrected chi connectivity index (χ4v) is 3.80. The Balaban J connectivity index is 1.39. The van der Waals surface area contributed by atoms with Gasteiger partial charge in [0, 0.05) is 17.9 Å². The molecule has 1 aromatic carbocycles. The number of hydrogen-bond acceptors (Lipinski definition) is 6. The first-order valence-corrected chi connectivity index (χ1v) is 9.60. The van der Waals surface area contributed by atoms with Gasteiger partial charge in [0.15, 0.2) is 16.7 Å². The van der Waals surface area contributed by atoms with Gasteiger partial charge in [-0.25, -0.2) is 4.39 Å². The van der Waals surface area contributed by atoms with E-state index in [0.717, 1.165) is 23.7 Å². The van der Waals surface area contributed by atoms with Crippen LogP contribution in [-0.2, 0) is 5.75 Å². The Kier molecular flexibility index (Phi) is 4.05. The van der Waals surface area contributed by atoms with Gasteiger partial charge in [0.1, 0.15) is 5.82 Å². The summed E-state index contributed by atoms with van der Waals surface area (Å²) in [6.07, 6.45) is 3.70. The van der Waals surface area contributed by atoms with E-state index in [1.165, 1.54) is 17.8 Å². The summed E-state index contributed by atoms with van der Waals surface area (Å²) in [4.78, 5) is 0. The topological polar surface area (TPSA) is 69.9 Å². The number of benzene rings is 1. The maximum absolute atomic E-state index is 14.2. The minimum Gasteiger partial charge on any atom is -0.461 e. The molecule has 0 aliphatic heterocycles. The van der Waals surface area contributed by atoms with Crippen LogP contribution in [0.1, 0.15) is 24.6 Å². The van der Waals surface area contributed by atoms with E-state index in [9.17, 15) is 4.39 Å². The number of halogens is 1. The van der Waals surface area contributed by atoms with Crippen molar-refractivity contribution < 1.29 is 13.3 Å². The third-order valence-corrected chi connectivity index (χ3v) is 5.34. The Morgan fingerprint density at radius 3 is 2.78 bits per heavy atom. The largest absolute Gasteiger partial charge is 0.461 e. The highest BCUT2D eigenvalue weighted by Gasteiger charge is 2.31. The average molecular weight is 382 g/mol. The van der Waals surface area contributed by atoms with E-state index < -0.39 is 0 Å². The maximum Gasteiger partial charge on any atom is 0.202 e. The van der Waals surface area contributed by atoms with E-state index >= 15 is 0 Å². The van der Waals surface area contributed by atoms with Crippen LogP contribution in [0.25, 0.3) is 22.9 Å². The van der Waals surface area contributed by atoms with E-state index in [-0.39, 0.29) is 5.82 Å². The molecule has 8 heteroatoms. The molecule has 0 unspecified atom stereocenters. The van der Waals surface area contributed by atoms with Gasteiger partial charge in [-0.1, -0.05) is 29.1 Å². The van der Waals surface area contributed by atoms with Crippen LogP contribution in [0, 0.1) is 5.82 Å². The molecule has 136 valence electrons. The zero-order valence-corrected chi connectivity index (χ0v) is 15.0. The van der Waals surface area contributed by atoms with Gasteiger partial charge in [-0.3, -0.25) is 4.57 Å². The molecular weight excluding hydrogens is 367 g/mol. The van der Waals surface area contributed by atoms with Crippen LogP contribution < -0.4 is 0 Å². The minimum atomic E-state index is -0.289.